The Morgan fingerprint density at radius 2 is 1.52 bits per heavy atom. The summed E-state index contributed by atoms with van der Waals surface area (Å²) < 4.78 is 59.9. The summed E-state index contributed by atoms with van der Waals surface area (Å²) in [6.45, 7) is 1.16. The van der Waals surface area contributed by atoms with E-state index in [4.69, 9.17) is 4.74 Å². The zero-order valence-corrected chi connectivity index (χ0v) is 16.2. The van der Waals surface area contributed by atoms with E-state index in [0.29, 0.717) is 6.61 Å². The third kappa shape index (κ3) is 7.07. The summed E-state index contributed by atoms with van der Waals surface area (Å²) in [6.07, 6.45) is 0.633. The molecule has 0 fully saturated rings. The van der Waals surface area contributed by atoms with Gasteiger partial charge in [0.2, 0.25) is 0 Å². The van der Waals surface area contributed by atoms with Crippen LogP contribution >= 0.6 is 0 Å². The second kappa shape index (κ2) is 10.8. The first-order chi connectivity index (χ1) is 13.8. The molecule has 158 valence electrons. The minimum atomic E-state index is -4.37. The Morgan fingerprint density at radius 1 is 0.931 bits per heavy atom. The van der Waals surface area contributed by atoms with E-state index in [1.807, 2.05) is 24.3 Å². The number of unbranched alkanes of at least 4 members (excludes halogenated alkanes) is 3. The summed E-state index contributed by atoms with van der Waals surface area (Å²) in [5.41, 5.74) is 1.69. The van der Waals surface area contributed by atoms with Crippen molar-refractivity contribution in [3.05, 3.63) is 54.1 Å². The normalized spacial score (nSPS) is 11.5. The molecule has 0 aliphatic heterocycles. The van der Waals surface area contributed by atoms with Crippen LogP contribution in [0.25, 0.3) is 11.1 Å². The lowest BCUT2D eigenvalue weighted by atomic mass is 10.0. The highest BCUT2D eigenvalue weighted by atomic mass is 19.3. The van der Waals surface area contributed by atoms with Gasteiger partial charge in [0, 0.05) is 0 Å². The number of halogens is 4. The first-order valence-corrected chi connectivity index (χ1v) is 9.50. The number of benzene rings is 2. The van der Waals surface area contributed by atoms with Crippen LogP contribution in [0.1, 0.15) is 43.0 Å². The molecule has 0 N–H and O–H groups in total. The Kier molecular flexibility index (Phi) is 8.49. The standard InChI is InChI=1S/C22H24F4O3/c1-2-3-4-5-14-28-19-12-10-17(11-13-19)16-6-8-18(9-7-16)20(27)29-15-22(25,26)21(23)24/h6-13,21H,2-5,14-15H2,1H3. The SMILES string of the molecule is CCCCCCOc1ccc(-c2ccc(C(=O)OCC(F)(F)C(F)F)cc2)cc1. The van der Waals surface area contributed by atoms with Crippen molar-refractivity contribution in [1.82, 2.24) is 0 Å². The zero-order valence-electron chi connectivity index (χ0n) is 16.2. The van der Waals surface area contributed by atoms with E-state index in [9.17, 15) is 22.4 Å². The van der Waals surface area contributed by atoms with Crippen LogP contribution in [0.4, 0.5) is 17.6 Å². The topological polar surface area (TPSA) is 35.5 Å². The highest BCUT2D eigenvalue weighted by Crippen LogP contribution is 2.25. The Labute approximate surface area is 167 Å². The Balaban J connectivity index is 1.90. The third-order valence-corrected chi connectivity index (χ3v) is 4.29. The highest BCUT2D eigenvalue weighted by molar-refractivity contribution is 5.90. The molecule has 2 rings (SSSR count). The van der Waals surface area contributed by atoms with Crippen molar-refractivity contribution in [3.63, 3.8) is 0 Å². The van der Waals surface area contributed by atoms with Crippen LogP contribution in [0.15, 0.2) is 48.5 Å². The van der Waals surface area contributed by atoms with Crippen LogP contribution in [0.2, 0.25) is 0 Å². The number of carbonyl (C=O) groups is 1. The van der Waals surface area contributed by atoms with Gasteiger partial charge in [-0.2, -0.15) is 8.78 Å². The van der Waals surface area contributed by atoms with Crippen molar-refractivity contribution >= 4 is 5.97 Å². The molecule has 0 heterocycles. The van der Waals surface area contributed by atoms with Gasteiger partial charge in [-0.3, -0.25) is 0 Å². The van der Waals surface area contributed by atoms with Crippen LogP contribution < -0.4 is 4.74 Å². The summed E-state index contributed by atoms with van der Waals surface area (Å²) in [5.74, 6) is -4.68. The molecule has 0 aromatic heterocycles. The quantitative estimate of drug-likeness (QED) is 0.244. The van der Waals surface area contributed by atoms with Gasteiger partial charge in [-0.25, -0.2) is 13.6 Å². The maximum Gasteiger partial charge on any atom is 0.340 e. The van der Waals surface area contributed by atoms with E-state index >= 15 is 0 Å². The molecule has 29 heavy (non-hydrogen) atoms. The van der Waals surface area contributed by atoms with Crippen LogP contribution in [0, 0.1) is 0 Å². The third-order valence-electron chi connectivity index (χ3n) is 4.29. The molecule has 0 radical (unpaired) electrons. The van der Waals surface area contributed by atoms with E-state index in [1.165, 1.54) is 25.0 Å². The van der Waals surface area contributed by atoms with Gasteiger partial charge in [-0.1, -0.05) is 50.5 Å². The van der Waals surface area contributed by atoms with Gasteiger partial charge < -0.3 is 9.47 Å². The lowest BCUT2D eigenvalue weighted by molar-refractivity contribution is -0.155. The smallest absolute Gasteiger partial charge is 0.340 e. The lowest BCUT2D eigenvalue weighted by Gasteiger charge is -2.15. The Hall–Kier alpha value is -2.57. The van der Waals surface area contributed by atoms with Crippen molar-refractivity contribution in [1.29, 1.82) is 0 Å². The van der Waals surface area contributed by atoms with Crippen LogP contribution in [0.5, 0.6) is 5.75 Å². The van der Waals surface area contributed by atoms with Crippen molar-refractivity contribution in [2.24, 2.45) is 0 Å². The van der Waals surface area contributed by atoms with Gasteiger partial charge in [0.05, 0.1) is 12.2 Å². The minimum Gasteiger partial charge on any atom is -0.494 e. The van der Waals surface area contributed by atoms with Gasteiger partial charge >= 0.3 is 18.3 Å². The van der Waals surface area contributed by atoms with E-state index < -0.39 is 24.9 Å². The fraction of sp³-hybridized carbons (Fsp3) is 0.409. The first-order valence-electron chi connectivity index (χ1n) is 9.50. The average molecular weight is 412 g/mol. The molecule has 3 nitrogen and oxygen atoms in total. The predicted molar refractivity (Wildman–Crippen MR) is 103 cm³/mol. The zero-order chi connectivity index (χ0) is 21.3. The largest absolute Gasteiger partial charge is 0.494 e. The summed E-state index contributed by atoms with van der Waals surface area (Å²) in [5, 5.41) is 0. The fourth-order valence-corrected chi connectivity index (χ4v) is 2.57. The molecule has 0 aliphatic rings. The van der Waals surface area contributed by atoms with E-state index in [-0.39, 0.29) is 5.56 Å². The van der Waals surface area contributed by atoms with Crippen LogP contribution in [-0.2, 0) is 4.74 Å². The van der Waals surface area contributed by atoms with E-state index in [2.05, 4.69) is 11.7 Å². The van der Waals surface area contributed by atoms with Crippen molar-refractivity contribution in [3.8, 4) is 16.9 Å². The molecular weight excluding hydrogens is 388 g/mol. The maximum atomic E-state index is 12.8. The fourth-order valence-electron chi connectivity index (χ4n) is 2.57. The van der Waals surface area contributed by atoms with Gasteiger partial charge in [-0.15, -0.1) is 0 Å². The van der Waals surface area contributed by atoms with Crippen molar-refractivity contribution in [2.45, 2.75) is 45.0 Å². The summed E-state index contributed by atoms with van der Waals surface area (Å²) in [6, 6.07) is 13.5. The summed E-state index contributed by atoms with van der Waals surface area (Å²) in [7, 11) is 0. The molecule has 0 aliphatic carbocycles. The molecule has 0 bridgehead atoms. The Bertz CT molecular complexity index is 759. The van der Waals surface area contributed by atoms with Crippen LogP contribution in [-0.4, -0.2) is 31.5 Å². The molecule has 7 heteroatoms. The molecule has 0 spiro atoms. The second-order valence-corrected chi connectivity index (χ2v) is 6.65. The summed E-state index contributed by atoms with van der Waals surface area (Å²) in [4.78, 5) is 11.8. The molecule has 0 atom stereocenters. The summed E-state index contributed by atoms with van der Waals surface area (Å²) >= 11 is 0. The molecular formula is C22H24F4O3. The maximum absolute atomic E-state index is 12.8. The molecule has 0 saturated heterocycles. The van der Waals surface area contributed by atoms with Crippen molar-refractivity contribution < 1.29 is 31.8 Å². The number of hydrogen-bond donors (Lipinski definition) is 0. The Morgan fingerprint density at radius 3 is 2.07 bits per heavy atom. The number of carbonyl (C=O) groups excluding carboxylic acids is 1. The van der Waals surface area contributed by atoms with Gasteiger partial charge in [-0.05, 0) is 41.8 Å². The number of esters is 1. The predicted octanol–water partition coefficient (Wildman–Crippen LogP) is 6.37. The van der Waals surface area contributed by atoms with E-state index in [0.717, 1.165) is 29.7 Å². The molecule has 2 aromatic rings. The molecule has 0 unspecified atom stereocenters. The average Bonchev–Trinajstić information content (AvgIpc) is 2.72. The van der Waals surface area contributed by atoms with E-state index in [1.54, 1.807) is 12.1 Å². The number of ether oxygens (including phenoxy) is 2. The molecule has 2 aromatic carbocycles. The highest BCUT2D eigenvalue weighted by Gasteiger charge is 2.42. The van der Waals surface area contributed by atoms with Crippen molar-refractivity contribution in [2.75, 3.05) is 13.2 Å². The molecule has 0 saturated carbocycles. The second-order valence-electron chi connectivity index (χ2n) is 6.65. The first kappa shape index (κ1) is 22.7. The molecule has 0 amide bonds. The van der Waals surface area contributed by atoms with Gasteiger partial charge in [0.1, 0.15) is 5.75 Å². The number of hydrogen-bond acceptors (Lipinski definition) is 3. The lowest BCUT2D eigenvalue weighted by Crippen LogP contribution is -2.33. The monoisotopic (exact) mass is 412 g/mol. The van der Waals surface area contributed by atoms with Gasteiger partial charge in [0.25, 0.3) is 0 Å². The number of alkyl halides is 4. The number of rotatable bonds is 11. The minimum absolute atomic E-state index is 0.00542. The van der Waals surface area contributed by atoms with Gasteiger partial charge in [0.15, 0.2) is 6.61 Å². The van der Waals surface area contributed by atoms with Crippen LogP contribution in [0.3, 0.4) is 0 Å².